The molecule has 0 bridgehead atoms. The number of halogens is 1. The lowest BCUT2D eigenvalue weighted by molar-refractivity contribution is -0.153. The van der Waals surface area contributed by atoms with Crippen LogP contribution in [0.15, 0.2) is 18.2 Å². The maximum atomic E-state index is 13.2. The first kappa shape index (κ1) is 18.4. The van der Waals surface area contributed by atoms with Gasteiger partial charge in [0.05, 0.1) is 0 Å². The van der Waals surface area contributed by atoms with Gasteiger partial charge in [0.1, 0.15) is 11.9 Å². The molecule has 3 N–H and O–H groups in total. The Kier molecular flexibility index (Phi) is 5.68. The Hall–Kier alpha value is -2.97. The molecular weight excluding hydrogens is 333 g/mol. The van der Waals surface area contributed by atoms with Gasteiger partial charge >= 0.3 is 12.0 Å². The maximum Gasteiger partial charge on any atom is 0.322 e. The molecule has 0 saturated carbocycles. The second-order valence-corrected chi connectivity index (χ2v) is 5.63. The molecule has 4 amide bonds. The number of rotatable bonds is 6. The fraction of sp³-hybridized carbons (Fsp3) is 0.375. The minimum absolute atomic E-state index is 0.0632. The standard InChI is InChI=1S/C16H18FN3O5/c1-8-3-4-10(17)7-12(8)18-14(22)9(2)25-13(21)6-5-11-15(23)20-16(24)19-11/h3-4,7,9,11H,5-6H2,1-2H3,(H,18,22)(H2,19,20,23,24)/t9-,11-/m0/s1. The van der Waals surface area contributed by atoms with E-state index < -0.39 is 41.8 Å². The van der Waals surface area contributed by atoms with E-state index in [-0.39, 0.29) is 12.8 Å². The number of aryl methyl sites for hydroxylation is 1. The summed E-state index contributed by atoms with van der Waals surface area (Å²) in [6.07, 6.45) is -1.18. The van der Waals surface area contributed by atoms with Crippen molar-refractivity contribution in [3.8, 4) is 0 Å². The zero-order chi connectivity index (χ0) is 18.6. The number of benzene rings is 1. The van der Waals surface area contributed by atoms with Crippen molar-refractivity contribution in [3.63, 3.8) is 0 Å². The molecule has 2 rings (SSSR count). The number of imide groups is 1. The molecule has 0 aliphatic carbocycles. The van der Waals surface area contributed by atoms with Crippen LogP contribution in [0, 0.1) is 12.7 Å². The molecule has 1 aliphatic rings. The van der Waals surface area contributed by atoms with Crippen molar-refractivity contribution in [3.05, 3.63) is 29.6 Å². The van der Waals surface area contributed by atoms with Crippen molar-refractivity contribution < 1.29 is 28.3 Å². The average Bonchev–Trinajstić information content (AvgIpc) is 2.86. The van der Waals surface area contributed by atoms with Crippen molar-refractivity contribution in [1.82, 2.24) is 10.6 Å². The van der Waals surface area contributed by atoms with Crippen LogP contribution in [-0.2, 0) is 19.1 Å². The van der Waals surface area contributed by atoms with Gasteiger partial charge in [0, 0.05) is 12.1 Å². The Bertz CT molecular complexity index is 722. The van der Waals surface area contributed by atoms with Crippen LogP contribution in [0.5, 0.6) is 0 Å². The maximum absolute atomic E-state index is 13.2. The molecule has 0 spiro atoms. The summed E-state index contributed by atoms with van der Waals surface area (Å²) >= 11 is 0. The molecule has 0 radical (unpaired) electrons. The van der Waals surface area contributed by atoms with E-state index in [2.05, 4.69) is 16.0 Å². The summed E-state index contributed by atoms with van der Waals surface area (Å²) < 4.78 is 18.2. The van der Waals surface area contributed by atoms with E-state index in [1.165, 1.54) is 25.1 Å². The summed E-state index contributed by atoms with van der Waals surface area (Å²) in [6, 6.07) is 2.55. The van der Waals surface area contributed by atoms with E-state index in [4.69, 9.17) is 4.74 Å². The molecule has 1 aliphatic heterocycles. The largest absolute Gasteiger partial charge is 0.453 e. The van der Waals surface area contributed by atoms with E-state index in [1.807, 2.05) is 0 Å². The summed E-state index contributed by atoms with van der Waals surface area (Å²) in [5, 5.41) is 6.90. The molecule has 1 heterocycles. The Morgan fingerprint density at radius 1 is 1.36 bits per heavy atom. The molecular formula is C16H18FN3O5. The number of hydrogen-bond donors (Lipinski definition) is 3. The lowest BCUT2D eigenvalue weighted by Crippen LogP contribution is -2.32. The Labute approximate surface area is 143 Å². The van der Waals surface area contributed by atoms with Crippen LogP contribution >= 0.6 is 0 Å². The third-order valence-electron chi connectivity index (χ3n) is 3.63. The van der Waals surface area contributed by atoms with Crippen LogP contribution < -0.4 is 16.0 Å². The van der Waals surface area contributed by atoms with Crippen LogP contribution in [0.25, 0.3) is 0 Å². The molecule has 1 aromatic carbocycles. The van der Waals surface area contributed by atoms with Crippen LogP contribution in [0.4, 0.5) is 14.9 Å². The first-order valence-electron chi connectivity index (χ1n) is 7.64. The van der Waals surface area contributed by atoms with Gasteiger partial charge in [0.2, 0.25) is 0 Å². The van der Waals surface area contributed by atoms with Gasteiger partial charge < -0.3 is 15.4 Å². The molecule has 1 fully saturated rings. The van der Waals surface area contributed by atoms with Gasteiger partial charge in [-0.25, -0.2) is 9.18 Å². The lowest BCUT2D eigenvalue weighted by Gasteiger charge is -2.15. The first-order valence-corrected chi connectivity index (χ1v) is 7.64. The summed E-state index contributed by atoms with van der Waals surface area (Å²) in [5.74, 6) is -2.30. The first-order chi connectivity index (χ1) is 11.8. The molecule has 134 valence electrons. The lowest BCUT2D eigenvalue weighted by atomic mass is 10.1. The highest BCUT2D eigenvalue weighted by Crippen LogP contribution is 2.16. The van der Waals surface area contributed by atoms with E-state index in [1.54, 1.807) is 6.92 Å². The predicted molar refractivity (Wildman–Crippen MR) is 85.0 cm³/mol. The molecule has 0 aromatic heterocycles. The van der Waals surface area contributed by atoms with E-state index in [0.29, 0.717) is 11.3 Å². The summed E-state index contributed by atoms with van der Waals surface area (Å²) in [7, 11) is 0. The zero-order valence-electron chi connectivity index (χ0n) is 13.7. The number of urea groups is 1. The van der Waals surface area contributed by atoms with Gasteiger partial charge in [-0.15, -0.1) is 0 Å². The van der Waals surface area contributed by atoms with Gasteiger partial charge in [-0.3, -0.25) is 19.7 Å². The second-order valence-electron chi connectivity index (χ2n) is 5.63. The summed E-state index contributed by atoms with van der Waals surface area (Å²) in [6.45, 7) is 3.08. The molecule has 25 heavy (non-hydrogen) atoms. The topological polar surface area (TPSA) is 114 Å². The molecule has 2 atom stereocenters. The minimum atomic E-state index is -1.10. The quantitative estimate of drug-likeness (QED) is 0.522. The smallest absolute Gasteiger partial charge is 0.322 e. The molecule has 1 aromatic rings. The van der Waals surface area contributed by atoms with E-state index in [9.17, 15) is 23.6 Å². The highest BCUT2D eigenvalue weighted by Gasteiger charge is 2.30. The van der Waals surface area contributed by atoms with Crippen LogP contribution in [0.3, 0.4) is 0 Å². The fourth-order valence-electron chi connectivity index (χ4n) is 2.20. The monoisotopic (exact) mass is 351 g/mol. The minimum Gasteiger partial charge on any atom is -0.453 e. The van der Waals surface area contributed by atoms with Gasteiger partial charge in [-0.1, -0.05) is 6.07 Å². The Balaban J connectivity index is 1.82. The number of amides is 4. The third-order valence-corrected chi connectivity index (χ3v) is 3.63. The zero-order valence-corrected chi connectivity index (χ0v) is 13.7. The molecule has 1 saturated heterocycles. The highest BCUT2D eigenvalue weighted by molar-refractivity contribution is 6.04. The summed E-state index contributed by atoms with van der Waals surface area (Å²) in [4.78, 5) is 46.1. The van der Waals surface area contributed by atoms with Crippen LogP contribution in [0.1, 0.15) is 25.3 Å². The fourth-order valence-corrected chi connectivity index (χ4v) is 2.20. The Morgan fingerprint density at radius 3 is 2.72 bits per heavy atom. The molecule has 8 nitrogen and oxygen atoms in total. The summed E-state index contributed by atoms with van der Waals surface area (Å²) in [5.41, 5.74) is 0.953. The number of hydrogen-bond acceptors (Lipinski definition) is 5. The average molecular weight is 351 g/mol. The number of esters is 1. The normalized spacial score (nSPS) is 17.5. The van der Waals surface area contributed by atoms with Crippen molar-refractivity contribution >= 4 is 29.5 Å². The van der Waals surface area contributed by atoms with Gasteiger partial charge in [-0.05, 0) is 38.0 Å². The SMILES string of the molecule is Cc1ccc(F)cc1NC(=O)[C@H](C)OC(=O)CC[C@@H]1NC(=O)NC1=O. The van der Waals surface area contributed by atoms with E-state index in [0.717, 1.165) is 0 Å². The van der Waals surface area contributed by atoms with Crippen LogP contribution in [0.2, 0.25) is 0 Å². The number of nitrogens with one attached hydrogen (secondary N) is 3. The number of carbonyl (C=O) groups is 4. The highest BCUT2D eigenvalue weighted by atomic mass is 19.1. The van der Waals surface area contributed by atoms with Gasteiger partial charge in [0.15, 0.2) is 6.10 Å². The number of carbonyl (C=O) groups excluding carboxylic acids is 4. The van der Waals surface area contributed by atoms with Crippen molar-refractivity contribution in [2.75, 3.05) is 5.32 Å². The van der Waals surface area contributed by atoms with Crippen molar-refractivity contribution in [2.24, 2.45) is 0 Å². The van der Waals surface area contributed by atoms with Crippen molar-refractivity contribution in [2.45, 2.75) is 38.8 Å². The molecule has 0 unspecified atom stereocenters. The molecule has 9 heteroatoms. The van der Waals surface area contributed by atoms with Crippen molar-refractivity contribution in [1.29, 1.82) is 0 Å². The predicted octanol–water partition coefficient (Wildman–Crippen LogP) is 0.993. The third kappa shape index (κ3) is 5.00. The number of ether oxygens (including phenoxy) is 1. The van der Waals surface area contributed by atoms with Gasteiger partial charge in [0.25, 0.3) is 11.8 Å². The number of anilines is 1. The van der Waals surface area contributed by atoms with E-state index >= 15 is 0 Å². The second kappa shape index (κ2) is 7.73. The van der Waals surface area contributed by atoms with Gasteiger partial charge in [-0.2, -0.15) is 0 Å². The van der Waals surface area contributed by atoms with Crippen LogP contribution in [-0.4, -0.2) is 36.0 Å². The Morgan fingerprint density at radius 2 is 2.08 bits per heavy atom.